The second kappa shape index (κ2) is 7.27. The Labute approximate surface area is 153 Å². The molecule has 8 heteroatoms. The number of aromatic nitrogens is 6. The maximum absolute atomic E-state index is 12.3. The normalized spacial score (nSPS) is 12.5. The van der Waals surface area contributed by atoms with E-state index >= 15 is 0 Å². The van der Waals surface area contributed by atoms with Gasteiger partial charge >= 0.3 is 0 Å². The summed E-state index contributed by atoms with van der Waals surface area (Å²) in [5.74, 6) is 1.36. The molecule has 1 aromatic carbocycles. The third-order valence-electron chi connectivity index (χ3n) is 4.11. The molecule has 0 fully saturated rings. The second-order valence-corrected chi connectivity index (χ2v) is 7.50. The minimum atomic E-state index is -1.02. The molecule has 0 amide bonds. The summed E-state index contributed by atoms with van der Waals surface area (Å²) in [7, 11) is 0. The van der Waals surface area contributed by atoms with E-state index in [2.05, 4.69) is 32.2 Å². The van der Waals surface area contributed by atoms with Crippen LogP contribution in [-0.4, -0.2) is 40.3 Å². The molecule has 0 unspecified atom stereocenters. The number of pyridine rings is 1. The van der Waals surface area contributed by atoms with Crippen molar-refractivity contribution in [3.63, 3.8) is 0 Å². The number of fused-ring (bicyclic) bond motifs is 1. The Morgan fingerprint density at radius 1 is 1.23 bits per heavy atom. The Morgan fingerprint density at radius 2 is 2.15 bits per heavy atom. The van der Waals surface area contributed by atoms with Crippen LogP contribution >= 0.6 is 0 Å². The zero-order valence-electron chi connectivity index (χ0n) is 14.3. The minimum absolute atomic E-state index is 0.664. The molecule has 1 atom stereocenters. The van der Waals surface area contributed by atoms with Crippen LogP contribution in [0.1, 0.15) is 19.8 Å². The highest BCUT2D eigenvalue weighted by Crippen LogP contribution is 2.23. The number of hydrogen-bond donors (Lipinski definition) is 1. The van der Waals surface area contributed by atoms with Crippen molar-refractivity contribution >= 4 is 22.2 Å². The van der Waals surface area contributed by atoms with Crippen molar-refractivity contribution in [3.8, 4) is 17.1 Å². The lowest BCUT2D eigenvalue weighted by atomic mass is 10.2. The van der Waals surface area contributed by atoms with Crippen LogP contribution in [0.15, 0.2) is 53.9 Å². The van der Waals surface area contributed by atoms with Gasteiger partial charge in [-0.1, -0.05) is 25.5 Å². The zero-order chi connectivity index (χ0) is 17.9. The van der Waals surface area contributed by atoms with E-state index < -0.39 is 11.2 Å². The van der Waals surface area contributed by atoms with Crippen molar-refractivity contribution in [2.24, 2.45) is 0 Å². The quantitative estimate of drug-likeness (QED) is 0.529. The highest BCUT2D eigenvalue weighted by Gasteiger charge is 2.15. The molecule has 26 heavy (non-hydrogen) atoms. The number of hydrogen-bond acceptors (Lipinski definition) is 5. The highest BCUT2D eigenvalue weighted by molar-refractivity contribution is 7.91. The third-order valence-corrected chi connectivity index (χ3v) is 5.52. The van der Waals surface area contributed by atoms with E-state index in [1.165, 1.54) is 0 Å². The molecule has 0 aliphatic rings. The van der Waals surface area contributed by atoms with E-state index in [-0.39, 0.29) is 0 Å². The fraction of sp³-hybridized carbons (Fsp3) is 0.222. The van der Waals surface area contributed by atoms with Gasteiger partial charge in [-0.05, 0) is 29.7 Å². The molecule has 4 rings (SSSR count). The average molecular weight is 366 g/mol. The van der Waals surface area contributed by atoms with Crippen molar-refractivity contribution < 1.29 is 4.55 Å². The number of H-pyrrole nitrogens is 1. The van der Waals surface area contributed by atoms with Gasteiger partial charge in [0, 0.05) is 17.0 Å². The first-order valence-corrected chi connectivity index (χ1v) is 9.77. The Bertz CT molecular complexity index is 1010. The predicted molar refractivity (Wildman–Crippen MR) is 100 cm³/mol. The lowest BCUT2D eigenvalue weighted by Gasteiger charge is -2.09. The molecule has 1 N–H and O–H groups in total. The van der Waals surface area contributed by atoms with Crippen molar-refractivity contribution in [2.45, 2.75) is 24.7 Å². The molecule has 0 aliphatic heterocycles. The van der Waals surface area contributed by atoms with Crippen LogP contribution in [0.4, 0.5) is 0 Å². The topological polar surface area (TPSA) is 95.3 Å². The zero-order valence-corrected chi connectivity index (χ0v) is 15.1. The molecule has 4 aromatic rings. The van der Waals surface area contributed by atoms with Gasteiger partial charge in [0.1, 0.15) is 12.1 Å². The summed E-state index contributed by atoms with van der Waals surface area (Å²) >= 11 is -1.02. The molecule has 3 heterocycles. The first-order chi connectivity index (χ1) is 12.8. The SMILES string of the molecule is CCCC[S@+]([O-])c1cnc2c(cnn2-c2cccc(-c3nnc[nH]3)c2)c1. The molecule has 0 aliphatic carbocycles. The summed E-state index contributed by atoms with van der Waals surface area (Å²) in [4.78, 5) is 8.26. The minimum Gasteiger partial charge on any atom is -0.611 e. The van der Waals surface area contributed by atoms with E-state index in [4.69, 9.17) is 0 Å². The first-order valence-electron chi connectivity index (χ1n) is 8.45. The van der Waals surface area contributed by atoms with Gasteiger partial charge < -0.3 is 9.54 Å². The van der Waals surface area contributed by atoms with Crippen molar-refractivity contribution in [1.29, 1.82) is 0 Å². The Kier molecular flexibility index (Phi) is 4.68. The van der Waals surface area contributed by atoms with Gasteiger partial charge in [0.25, 0.3) is 0 Å². The van der Waals surface area contributed by atoms with Gasteiger partial charge in [-0.3, -0.25) is 0 Å². The standard InChI is InChI=1S/C18H18N6OS/c1-2-3-7-26(25)16-9-14-10-22-24(18(14)19-11-16)15-6-4-5-13(8-15)17-20-12-21-23-17/h4-6,8-12H,2-3,7H2,1H3,(H,20,21,23)/t26-/m0/s1. The molecule has 0 saturated carbocycles. The molecule has 132 valence electrons. The monoisotopic (exact) mass is 366 g/mol. The van der Waals surface area contributed by atoms with E-state index in [1.807, 2.05) is 30.3 Å². The Balaban J connectivity index is 1.69. The summed E-state index contributed by atoms with van der Waals surface area (Å²) < 4.78 is 14.1. The summed E-state index contributed by atoms with van der Waals surface area (Å²) in [5, 5.41) is 13.2. The van der Waals surface area contributed by atoms with E-state index in [0.717, 1.165) is 40.0 Å². The lowest BCUT2D eigenvalue weighted by molar-refractivity contribution is 0.591. The van der Waals surface area contributed by atoms with Gasteiger partial charge in [-0.2, -0.15) is 5.10 Å². The highest BCUT2D eigenvalue weighted by atomic mass is 32.2. The van der Waals surface area contributed by atoms with Crippen LogP contribution in [0.25, 0.3) is 28.1 Å². The fourth-order valence-corrected chi connectivity index (χ4v) is 3.95. The molecule has 7 nitrogen and oxygen atoms in total. The molecule has 3 aromatic heterocycles. The van der Waals surface area contributed by atoms with Gasteiger partial charge in [0.15, 0.2) is 16.4 Å². The van der Waals surface area contributed by atoms with Crippen LogP contribution in [0.5, 0.6) is 0 Å². The van der Waals surface area contributed by atoms with Crippen molar-refractivity contribution in [3.05, 3.63) is 49.1 Å². The average Bonchev–Trinajstić information content (AvgIpc) is 3.35. The maximum atomic E-state index is 12.3. The van der Waals surface area contributed by atoms with Gasteiger partial charge in [0.05, 0.1) is 18.1 Å². The predicted octanol–water partition coefficient (Wildman–Crippen LogP) is 3.11. The molecular weight excluding hydrogens is 348 g/mol. The molecular formula is C18H18N6OS. The first kappa shape index (κ1) is 16.7. The van der Waals surface area contributed by atoms with E-state index in [1.54, 1.807) is 23.4 Å². The van der Waals surface area contributed by atoms with Crippen molar-refractivity contribution in [1.82, 2.24) is 29.9 Å². The molecule has 0 spiro atoms. The summed E-state index contributed by atoms with van der Waals surface area (Å²) in [6, 6.07) is 9.74. The molecule has 0 saturated heterocycles. The largest absolute Gasteiger partial charge is 0.611 e. The number of benzene rings is 1. The number of nitrogens with zero attached hydrogens (tertiary/aromatic N) is 5. The molecule has 0 radical (unpaired) electrons. The van der Waals surface area contributed by atoms with E-state index in [0.29, 0.717) is 11.6 Å². The maximum Gasteiger partial charge on any atom is 0.171 e. The van der Waals surface area contributed by atoms with Crippen molar-refractivity contribution in [2.75, 3.05) is 5.75 Å². The number of rotatable bonds is 6. The third kappa shape index (κ3) is 3.21. The number of unbranched alkanes of at least 4 members (excludes halogenated alkanes) is 1. The van der Waals surface area contributed by atoms with Crippen LogP contribution in [-0.2, 0) is 11.2 Å². The van der Waals surface area contributed by atoms with Crippen LogP contribution in [0.2, 0.25) is 0 Å². The second-order valence-electron chi connectivity index (χ2n) is 5.93. The van der Waals surface area contributed by atoms with Crippen LogP contribution in [0.3, 0.4) is 0 Å². The fourth-order valence-electron chi connectivity index (χ4n) is 2.74. The van der Waals surface area contributed by atoms with E-state index in [9.17, 15) is 4.55 Å². The van der Waals surface area contributed by atoms with Gasteiger partial charge in [0.2, 0.25) is 0 Å². The Hall–Kier alpha value is -2.71. The summed E-state index contributed by atoms with van der Waals surface area (Å²) in [6.07, 6.45) is 6.96. The number of aromatic amines is 1. The summed E-state index contributed by atoms with van der Waals surface area (Å²) in [6.45, 7) is 2.09. The van der Waals surface area contributed by atoms with Gasteiger partial charge in [-0.25, -0.2) is 9.67 Å². The smallest absolute Gasteiger partial charge is 0.171 e. The Morgan fingerprint density at radius 3 is 2.96 bits per heavy atom. The molecule has 0 bridgehead atoms. The lowest BCUT2D eigenvalue weighted by Crippen LogP contribution is -2.07. The van der Waals surface area contributed by atoms with Crippen LogP contribution in [0, 0.1) is 0 Å². The van der Waals surface area contributed by atoms with Gasteiger partial charge in [-0.15, -0.1) is 10.2 Å². The van der Waals surface area contributed by atoms with Crippen LogP contribution < -0.4 is 0 Å². The number of nitrogens with one attached hydrogen (secondary N) is 1. The summed E-state index contributed by atoms with van der Waals surface area (Å²) in [5.41, 5.74) is 2.53.